The maximum Gasteiger partial charge on any atom is 0.337 e. The molecule has 0 fully saturated rings. The topological polar surface area (TPSA) is 84.5 Å². The van der Waals surface area contributed by atoms with Gasteiger partial charge in [-0.25, -0.2) is 4.79 Å². The third-order valence-corrected chi connectivity index (χ3v) is 4.69. The van der Waals surface area contributed by atoms with Crippen LogP contribution in [0.25, 0.3) is 0 Å². The SMILES string of the molecule is COC(=O)c1ccc(NC(=O)CSCC(=O)Nc2ccc(Cl)cc2C)cc1. The Hall–Kier alpha value is -2.51. The summed E-state index contributed by atoms with van der Waals surface area (Å²) >= 11 is 7.09. The maximum atomic E-state index is 12.0. The lowest BCUT2D eigenvalue weighted by Crippen LogP contribution is -2.18. The van der Waals surface area contributed by atoms with Crippen molar-refractivity contribution in [2.75, 3.05) is 29.2 Å². The zero-order chi connectivity index (χ0) is 19.8. The molecule has 0 aliphatic heterocycles. The van der Waals surface area contributed by atoms with Crippen LogP contribution in [0.3, 0.4) is 0 Å². The molecule has 0 spiro atoms. The Labute approximate surface area is 166 Å². The highest BCUT2D eigenvalue weighted by Crippen LogP contribution is 2.20. The molecule has 2 aromatic rings. The Morgan fingerprint density at radius 1 is 1.00 bits per heavy atom. The molecule has 27 heavy (non-hydrogen) atoms. The number of ether oxygens (including phenoxy) is 1. The molecule has 2 rings (SSSR count). The average molecular weight is 407 g/mol. The number of rotatable bonds is 7. The fraction of sp³-hybridized carbons (Fsp3) is 0.211. The normalized spacial score (nSPS) is 10.2. The molecule has 8 heteroatoms. The number of nitrogens with one attached hydrogen (secondary N) is 2. The van der Waals surface area contributed by atoms with E-state index >= 15 is 0 Å². The van der Waals surface area contributed by atoms with Gasteiger partial charge in [0.2, 0.25) is 11.8 Å². The fourth-order valence-corrected chi connectivity index (χ4v) is 3.04. The molecule has 0 unspecified atom stereocenters. The minimum absolute atomic E-state index is 0.131. The van der Waals surface area contributed by atoms with Crippen LogP contribution < -0.4 is 10.6 Å². The van der Waals surface area contributed by atoms with Gasteiger partial charge in [-0.2, -0.15) is 0 Å². The molecule has 0 atom stereocenters. The van der Waals surface area contributed by atoms with Crippen molar-refractivity contribution in [2.45, 2.75) is 6.92 Å². The van der Waals surface area contributed by atoms with E-state index in [-0.39, 0.29) is 23.3 Å². The summed E-state index contributed by atoms with van der Waals surface area (Å²) in [4.78, 5) is 35.3. The van der Waals surface area contributed by atoms with Crippen LogP contribution in [0, 0.1) is 6.92 Å². The Morgan fingerprint density at radius 3 is 2.22 bits per heavy atom. The van der Waals surface area contributed by atoms with Crippen molar-refractivity contribution in [3.63, 3.8) is 0 Å². The fourth-order valence-electron chi connectivity index (χ4n) is 2.19. The molecule has 2 amide bonds. The third-order valence-electron chi connectivity index (χ3n) is 3.52. The first kappa shape index (κ1) is 20.8. The molecule has 0 aliphatic carbocycles. The van der Waals surface area contributed by atoms with Gasteiger partial charge < -0.3 is 15.4 Å². The second-order valence-electron chi connectivity index (χ2n) is 5.62. The molecule has 2 N–H and O–H groups in total. The summed E-state index contributed by atoms with van der Waals surface area (Å²) in [6, 6.07) is 11.6. The highest BCUT2D eigenvalue weighted by Gasteiger charge is 2.09. The molecule has 0 aromatic heterocycles. The summed E-state index contributed by atoms with van der Waals surface area (Å²) in [5.74, 6) is -0.588. The number of hydrogen-bond donors (Lipinski definition) is 2. The number of benzene rings is 2. The van der Waals surface area contributed by atoms with E-state index in [0.717, 1.165) is 5.56 Å². The van der Waals surface area contributed by atoms with E-state index in [1.165, 1.54) is 18.9 Å². The second kappa shape index (κ2) is 9.99. The molecule has 0 saturated carbocycles. The summed E-state index contributed by atoms with van der Waals surface area (Å²) in [5, 5.41) is 6.10. The summed E-state index contributed by atoms with van der Waals surface area (Å²) in [7, 11) is 1.31. The van der Waals surface area contributed by atoms with Crippen LogP contribution in [-0.2, 0) is 14.3 Å². The lowest BCUT2D eigenvalue weighted by Gasteiger charge is -2.09. The van der Waals surface area contributed by atoms with E-state index in [4.69, 9.17) is 11.6 Å². The van der Waals surface area contributed by atoms with Crippen LogP contribution >= 0.6 is 23.4 Å². The predicted octanol–water partition coefficient (Wildman–Crippen LogP) is 3.75. The first-order valence-corrected chi connectivity index (χ1v) is 9.54. The van der Waals surface area contributed by atoms with Gasteiger partial charge in [0.1, 0.15) is 0 Å². The van der Waals surface area contributed by atoms with Crippen LogP contribution in [0.5, 0.6) is 0 Å². The number of thioether (sulfide) groups is 1. The molecule has 142 valence electrons. The first-order chi connectivity index (χ1) is 12.9. The molecule has 0 saturated heterocycles. The van der Waals surface area contributed by atoms with Crippen LogP contribution in [0.15, 0.2) is 42.5 Å². The van der Waals surface area contributed by atoms with Crippen molar-refractivity contribution in [1.82, 2.24) is 0 Å². The van der Waals surface area contributed by atoms with Crippen molar-refractivity contribution >= 4 is 52.5 Å². The molecule has 0 bridgehead atoms. The second-order valence-corrected chi connectivity index (χ2v) is 7.04. The molecular formula is C19H19ClN2O4S. The van der Waals surface area contributed by atoms with Crippen LogP contribution in [0.2, 0.25) is 5.02 Å². The zero-order valence-corrected chi connectivity index (χ0v) is 16.4. The van der Waals surface area contributed by atoms with Gasteiger partial charge in [0.15, 0.2) is 0 Å². The number of aryl methyl sites for hydroxylation is 1. The largest absolute Gasteiger partial charge is 0.465 e. The Kier molecular flexibility index (Phi) is 7.69. The number of methoxy groups -OCH3 is 1. The van der Waals surface area contributed by atoms with E-state index in [1.807, 2.05) is 6.92 Å². The van der Waals surface area contributed by atoms with E-state index in [0.29, 0.717) is 22.0 Å². The van der Waals surface area contributed by atoms with Crippen molar-refractivity contribution in [1.29, 1.82) is 0 Å². The molecule has 0 aliphatic rings. The highest BCUT2D eigenvalue weighted by atomic mass is 35.5. The van der Waals surface area contributed by atoms with Gasteiger partial charge in [0, 0.05) is 16.4 Å². The number of carbonyl (C=O) groups excluding carboxylic acids is 3. The Morgan fingerprint density at radius 2 is 1.63 bits per heavy atom. The van der Waals surface area contributed by atoms with Crippen LogP contribution in [0.4, 0.5) is 11.4 Å². The molecule has 0 radical (unpaired) electrons. The van der Waals surface area contributed by atoms with E-state index in [2.05, 4.69) is 15.4 Å². The minimum atomic E-state index is -0.439. The smallest absolute Gasteiger partial charge is 0.337 e. The number of esters is 1. The van der Waals surface area contributed by atoms with Gasteiger partial charge in [-0.3, -0.25) is 9.59 Å². The number of anilines is 2. The zero-order valence-electron chi connectivity index (χ0n) is 14.9. The van der Waals surface area contributed by atoms with Crippen molar-refractivity contribution < 1.29 is 19.1 Å². The summed E-state index contributed by atoms with van der Waals surface area (Å²) < 4.78 is 4.61. The number of carbonyl (C=O) groups is 3. The molecule has 6 nitrogen and oxygen atoms in total. The van der Waals surface area contributed by atoms with Crippen LogP contribution in [-0.4, -0.2) is 36.4 Å². The number of amides is 2. The third kappa shape index (κ3) is 6.62. The lowest BCUT2D eigenvalue weighted by atomic mass is 10.2. The van der Waals surface area contributed by atoms with Crippen molar-refractivity contribution in [3.8, 4) is 0 Å². The van der Waals surface area contributed by atoms with Gasteiger partial charge in [0.05, 0.1) is 24.2 Å². The highest BCUT2D eigenvalue weighted by molar-refractivity contribution is 8.00. The van der Waals surface area contributed by atoms with Gasteiger partial charge in [-0.1, -0.05) is 11.6 Å². The summed E-state index contributed by atoms with van der Waals surface area (Å²) in [6.07, 6.45) is 0. The summed E-state index contributed by atoms with van der Waals surface area (Å²) in [6.45, 7) is 1.85. The minimum Gasteiger partial charge on any atom is -0.465 e. The number of halogens is 1. The van der Waals surface area contributed by atoms with Gasteiger partial charge in [-0.15, -0.1) is 11.8 Å². The Balaban J connectivity index is 1.75. The van der Waals surface area contributed by atoms with Crippen molar-refractivity contribution in [3.05, 3.63) is 58.6 Å². The standard InChI is InChI=1S/C19H19ClN2O4S/c1-12-9-14(20)5-8-16(12)22-18(24)11-27-10-17(23)21-15-6-3-13(4-7-15)19(25)26-2/h3-9H,10-11H2,1-2H3,(H,21,23)(H,22,24). The van der Waals surface area contributed by atoms with Gasteiger partial charge in [0.25, 0.3) is 0 Å². The lowest BCUT2D eigenvalue weighted by molar-refractivity contribution is -0.114. The van der Waals surface area contributed by atoms with Gasteiger partial charge >= 0.3 is 5.97 Å². The van der Waals surface area contributed by atoms with Crippen molar-refractivity contribution in [2.24, 2.45) is 0 Å². The molecule has 0 heterocycles. The predicted molar refractivity (Wildman–Crippen MR) is 109 cm³/mol. The quantitative estimate of drug-likeness (QED) is 0.684. The molecular weight excluding hydrogens is 388 g/mol. The monoisotopic (exact) mass is 406 g/mol. The molecule has 2 aromatic carbocycles. The van der Waals surface area contributed by atoms with Crippen LogP contribution in [0.1, 0.15) is 15.9 Å². The van der Waals surface area contributed by atoms with E-state index < -0.39 is 5.97 Å². The van der Waals surface area contributed by atoms with E-state index in [9.17, 15) is 14.4 Å². The Bertz CT molecular complexity index is 840. The van der Waals surface area contributed by atoms with E-state index in [1.54, 1.807) is 42.5 Å². The average Bonchev–Trinajstić information content (AvgIpc) is 2.64. The number of hydrogen-bond acceptors (Lipinski definition) is 5. The summed E-state index contributed by atoms with van der Waals surface area (Å²) in [5.41, 5.74) is 2.53. The maximum absolute atomic E-state index is 12.0. The first-order valence-electron chi connectivity index (χ1n) is 8.01. The van der Waals surface area contributed by atoms with Gasteiger partial charge in [-0.05, 0) is 55.0 Å².